The lowest BCUT2D eigenvalue weighted by atomic mass is 9.95. The second-order valence-corrected chi connectivity index (χ2v) is 18.5. The molecule has 0 amide bonds. The van der Waals surface area contributed by atoms with Crippen LogP contribution in [-0.4, -0.2) is 45.7 Å². The predicted molar refractivity (Wildman–Crippen MR) is 179 cm³/mol. The van der Waals surface area contributed by atoms with E-state index in [-0.39, 0.29) is 5.04 Å². The standard InChI is InChI=1S/C32H49BrClN3O3Si/c1-9-26-28(25(35-36(26)6)17-13-11-12-14-20-33)27-24(34)19-18-23-22(30(31(38)39)37(10-2)29(23)27)16-15-21-40-41(7,8)32(3,4)5/h18-19H,9-17,20-21H2,1-8H3,(H,38,39). The Bertz CT molecular complexity index is 1360. The van der Waals surface area contributed by atoms with Gasteiger partial charge in [-0.2, -0.15) is 5.10 Å². The average molecular weight is 667 g/mol. The maximum absolute atomic E-state index is 12.8. The van der Waals surface area contributed by atoms with Crippen molar-refractivity contribution in [3.8, 4) is 11.1 Å². The summed E-state index contributed by atoms with van der Waals surface area (Å²) in [7, 11) is 0.122. The van der Waals surface area contributed by atoms with Crippen LogP contribution in [0.3, 0.4) is 0 Å². The number of carboxylic acids is 1. The number of aromatic carboxylic acids is 1. The van der Waals surface area contributed by atoms with Crippen LogP contribution in [0.25, 0.3) is 22.0 Å². The fourth-order valence-electron chi connectivity index (χ4n) is 5.57. The Hall–Kier alpha value is -1.61. The lowest BCUT2D eigenvalue weighted by molar-refractivity contribution is 0.0684. The zero-order chi connectivity index (χ0) is 30.5. The molecule has 1 N–H and O–H groups in total. The highest BCUT2D eigenvalue weighted by molar-refractivity contribution is 9.09. The molecule has 41 heavy (non-hydrogen) atoms. The van der Waals surface area contributed by atoms with Crippen LogP contribution in [0.1, 0.15) is 94.2 Å². The minimum atomic E-state index is -1.88. The number of unbranched alkanes of at least 4 members (excludes halogenated alkanes) is 3. The molecule has 0 atom stereocenters. The monoisotopic (exact) mass is 665 g/mol. The molecular weight excluding hydrogens is 618 g/mol. The van der Waals surface area contributed by atoms with Gasteiger partial charge < -0.3 is 14.1 Å². The number of carboxylic acid groups (broad SMARTS) is 1. The molecule has 0 aliphatic rings. The van der Waals surface area contributed by atoms with E-state index in [1.54, 1.807) is 0 Å². The summed E-state index contributed by atoms with van der Waals surface area (Å²) >= 11 is 10.6. The van der Waals surface area contributed by atoms with Crippen LogP contribution >= 0.6 is 27.5 Å². The second-order valence-electron chi connectivity index (χ2n) is 12.5. The molecule has 0 aliphatic heterocycles. The first-order valence-corrected chi connectivity index (χ1v) is 19.5. The van der Waals surface area contributed by atoms with Crippen molar-refractivity contribution in [2.24, 2.45) is 7.05 Å². The third-order valence-electron chi connectivity index (χ3n) is 8.76. The van der Waals surface area contributed by atoms with E-state index in [2.05, 4.69) is 56.7 Å². The van der Waals surface area contributed by atoms with Gasteiger partial charge in [-0.3, -0.25) is 4.68 Å². The van der Waals surface area contributed by atoms with E-state index in [9.17, 15) is 9.90 Å². The molecule has 0 fully saturated rings. The van der Waals surface area contributed by atoms with Gasteiger partial charge in [0.1, 0.15) is 5.69 Å². The van der Waals surface area contributed by atoms with Crippen molar-refractivity contribution in [1.82, 2.24) is 14.3 Å². The Morgan fingerprint density at radius 2 is 1.76 bits per heavy atom. The number of hydrogen-bond acceptors (Lipinski definition) is 3. The van der Waals surface area contributed by atoms with Crippen molar-refractivity contribution in [2.75, 3.05) is 11.9 Å². The van der Waals surface area contributed by atoms with E-state index >= 15 is 0 Å². The van der Waals surface area contributed by atoms with Crippen LogP contribution in [0.2, 0.25) is 23.2 Å². The van der Waals surface area contributed by atoms with Crippen LogP contribution in [-0.2, 0) is 37.3 Å². The van der Waals surface area contributed by atoms with Gasteiger partial charge in [-0.25, -0.2) is 4.79 Å². The van der Waals surface area contributed by atoms with Crippen molar-refractivity contribution in [3.05, 3.63) is 39.8 Å². The summed E-state index contributed by atoms with van der Waals surface area (Å²) in [5, 5.41) is 18.2. The van der Waals surface area contributed by atoms with Crippen molar-refractivity contribution in [3.63, 3.8) is 0 Å². The highest BCUT2D eigenvalue weighted by Gasteiger charge is 2.37. The fourth-order valence-corrected chi connectivity index (χ4v) is 7.30. The summed E-state index contributed by atoms with van der Waals surface area (Å²) in [6, 6.07) is 3.94. The first kappa shape index (κ1) is 33.9. The van der Waals surface area contributed by atoms with Crippen LogP contribution < -0.4 is 0 Å². The topological polar surface area (TPSA) is 69.3 Å². The normalized spacial score (nSPS) is 12.5. The van der Waals surface area contributed by atoms with Gasteiger partial charge in [-0.1, -0.05) is 74.1 Å². The SMILES string of the molecule is CCc1c(-c2c(Cl)ccc3c(CCCO[Si](C)(C)C(C)(C)C)c(C(=O)O)n(CC)c23)c(CCCCCCBr)nn1C. The molecule has 3 aromatic rings. The summed E-state index contributed by atoms with van der Waals surface area (Å²) < 4.78 is 10.4. The number of benzene rings is 1. The van der Waals surface area contributed by atoms with Crippen molar-refractivity contribution in [2.45, 2.75) is 111 Å². The number of alkyl halides is 1. The van der Waals surface area contributed by atoms with Crippen LogP contribution in [0.4, 0.5) is 0 Å². The molecule has 228 valence electrons. The van der Waals surface area contributed by atoms with Crippen molar-refractivity contribution >= 4 is 52.7 Å². The Morgan fingerprint density at radius 1 is 1.07 bits per heavy atom. The summed E-state index contributed by atoms with van der Waals surface area (Å²) in [4.78, 5) is 12.8. The Kier molecular flexibility index (Phi) is 11.8. The molecule has 0 saturated carbocycles. The van der Waals surface area contributed by atoms with Crippen LogP contribution in [0, 0.1) is 0 Å². The van der Waals surface area contributed by atoms with Gasteiger partial charge in [-0.05, 0) is 75.2 Å². The minimum Gasteiger partial charge on any atom is -0.477 e. The molecule has 0 unspecified atom stereocenters. The van der Waals surface area contributed by atoms with Gasteiger partial charge in [0.25, 0.3) is 0 Å². The highest BCUT2D eigenvalue weighted by atomic mass is 79.9. The molecule has 0 spiro atoms. The van der Waals surface area contributed by atoms with Crippen LogP contribution in [0.5, 0.6) is 0 Å². The third-order valence-corrected chi connectivity index (χ3v) is 14.2. The number of nitrogens with zero attached hydrogens (tertiary/aromatic N) is 3. The molecule has 6 nitrogen and oxygen atoms in total. The Labute approximate surface area is 261 Å². The molecule has 1 aromatic carbocycles. The van der Waals surface area contributed by atoms with Gasteiger partial charge >= 0.3 is 5.97 Å². The highest BCUT2D eigenvalue weighted by Crippen LogP contribution is 2.43. The van der Waals surface area contributed by atoms with Gasteiger partial charge in [-0.15, -0.1) is 0 Å². The number of halogens is 2. The van der Waals surface area contributed by atoms with E-state index in [0.29, 0.717) is 30.3 Å². The lowest BCUT2D eigenvalue weighted by Gasteiger charge is -2.36. The lowest BCUT2D eigenvalue weighted by Crippen LogP contribution is -2.41. The van der Waals surface area contributed by atoms with Crippen LogP contribution in [0.15, 0.2) is 12.1 Å². The molecule has 0 radical (unpaired) electrons. The molecule has 0 aliphatic carbocycles. The number of aromatic nitrogens is 3. The molecule has 2 aromatic heterocycles. The number of hydrogen-bond donors (Lipinski definition) is 1. The predicted octanol–water partition coefficient (Wildman–Crippen LogP) is 9.43. The first-order chi connectivity index (χ1) is 19.3. The Morgan fingerprint density at radius 3 is 2.34 bits per heavy atom. The maximum atomic E-state index is 12.8. The summed E-state index contributed by atoms with van der Waals surface area (Å²) in [6.45, 7) is 16.5. The van der Waals surface area contributed by atoms with E-state index in [1.807, 2.05) is 35.4 Å². The average Bonchev–Trinajstić information content (AvgIpc) is 3.39. The molecular formula is C32H49BrClN3O3Si. The molecule has 0 saturated heterocycles. The van der Waals surface area contributed by atoms with Crippen molar-refractivity contribution in [1.29, 1.82) is 0 Å². The number of aryl methyl sites for hydroxylation is 4. The summed E-state index contributed by atoms with van der Waals surface area (Å²) in [5.41, 5.74) is 6.28. The quantitative estimate of drug-likeness (QED) is 0.0997. The minimum absolute atomic E-state index is 0.134. The second kappa shape index (κ2) is 14.2. The molecule has 2 heterocycles. The Balaban J connectivity index is 2.12. The van der Waals surface area contributed by atoms with Gasteiger partial charge in [0.15, 0.2) is 8.32 Å². The van der Waals surface area contributed by atoms with E-state index < -0.39 is 14.3 Å². The summed E-state index contributed by atoms with van der Waals surface area (Å²) in [5.74, 6) is -0.903. The van der Waals surface area contributed by atoms with Crippen molar-refractivity contribution < 1.29 is 14.3 Å². The maximum Gasteiger partial charge on any atom is 0.352 e. The summed E-state index contributed by atoms with van der Waals surface area (Å²) in [6.07, 6.45) is 7.65. The van der Waals surface area contributed by atoms with E-state index in [1.165, 1.54) is 12.8 Å². The smallest absolute Gasteiger partial charge is 0.352 e. The fraction of sp³-hybridized carbons (Fsp3) is 0.625. The largest absolute Gasteiger partial charge is 0.477 e. The first-order valence-electron chi connectivity index (χ1n) is 15.1. The molecule has 3 rings (SSSR count). The number of rotatable bonds is 15. The van der Waals surface area contributed by atoms with Gasteiger partial charge in [0.05, 0.1) is 16.2 Å². The molecule has 9 heteroatoms. The van der Waals surface area contributed by atoms with Gasteiger partial charge in [0.2, 0.25) is 0 Å². The zero-order valence-electron chi connectivity index (χ0n) is 26.3. The zero-order valence-corrected chi connectivity index (χ0v) is 29.6. The number of fused-ring (bicyclic) bond motifs is 1. The van der Waals surface area contributed by atoms with E-state index in [0.717, 1.165) is 76.4 Å². The van der Waals surface area contributed by atoms with Gasteiger partial charge in [0, 0.05) is 47.7 Å². The van der Waals surface area contributed by atoms with E-state index in [4.69, 9.17) is 21.1 Å². The molecule has 0 bridgehead atoms. The number of carbonyl (C=O) groups is 1. The third kappa shape index (κ3) is 7.31.